The number of ether oxygens (including phenoxy) is 1. The van der Waals surface area contributed by atoms with Crippen LogP contribution in [0.2, 0.25) is 5.02 Å². The maximum atomic E-state index is 10.8. The van der Waals surface area contributed by atoms with E-state index < -0.39 is 5.97 Å². The number of nitrogens with zero attached hydrogens (tertiary/aromatic N) is 1. The predicted molar refractivity (Wildman–Crippen MR) is 67.5 cm³/mol. The van der Waals surface area contributed by atoms with Crippen molar-refractivity contribution in [2.45, 2.75) is 6.92 Å². The van der Waals surface area contributed by atoms with Crippen LogP contribution in [0.25, 0.3) is 0 Å². The van der Waals surface area contributed by atoms with Crippen molar-refractivity contribution in [1.29, 1.82) is 0 Å². The van der Waals surface area contributed by atoms with Crippen LogP contribution in [-0.4, -0.2) is 16.1 Å². The number of carbonyl (C=O) groups is 1. The number of aryl methyl sites for hydroxylation is 1. The van der Waals surface area contributed by atoms with Crippen LogP contribution in [0.1, 0.15) is 15.9 Å². The summed E-state index contributed by atoms with van der Waals surface area (Å²) < 4.78 is 5.52. The number of aromatic nitrogens is 1. The van der Waals surface area contributed by atoms with Gasteiger partial charge in [-0.3, -0.25) is 0 Å². The Morgan fingerprint density at radius 3 is 2.83 bits per heavy atom. The fraction of sp³-hybridized carbons (Fsp3) is 0.0769. The minimum atomic E-state index is -1.02. The van der Waals surface area contributed by atoms with E-state index in [0.29, 0.717) is 10.8 Å². The van der Waals surface area contributed by atoms with Crippen LogP contribution in [-0.2, 0) is 0 Å². The summed E-state index contributed by atoms with van der Waals surface area (Å²) in [6, 6.07) is 8.00. The van der Waals surface area contributed by atoms with Crippen LogP contribution in [0.5, 0.6) is 11.6 Å². The van der Waals surface area contributed by atoms with E-state index in [1.165, 1.54) is 18.3 Å². The Morgan fingerprint density at radius 2 is 2.11 bits per heavy atom. The molecule has 4 nitrogen and oxygen atoms in total. The molecule has 1 N–H and O–H groups in total. The molecular weight excluding hydrogens is 254 g/mol. The summed E-state index contributed by atoms with van der Waals surface area (Å²) in [4.78, 5) is 14.8. The van der Waals surface area contributed by atoms with Crippen LogP contribution in [0.15, 0.2) is 36.5 Å². The number of halogens is 1. The molecule has 0 aliphatic rings. The lowest BCUT2D eigenvalue weighted by Crippen LogP contribution is -1.98. The molecule has 0 spiro atoms. The van der Waals surface area contributed by atoms with Gasteiger partial charge in [-0.15, -0.1) is 0 Å². The van der Waals surface area contributed by atoms with Gasteiger partial charge in [0.2, 0.25) is 5.88 Å². The highest BCUT2D eigenvalue weighted by atomic mass is 35.5. The second-order valence-electron chi connectivity index (χ2n) is 3.70. The molecule has 2 aromatic rings. The number of hydrogen-bond donors (Lipinski definition) is 1. The van der Waals surface area contributed by atoms with Gasteiger partial charge in [0.05, 0.1) is 5.56 Å². The first-order chi connectivity index (χ1) is 8.56. The largest absolute Gasteiger partial charge is 0.478 e. The third-order valence-corrected chi connectivity index (χ3v) is 2.58. The molecule has 0 bridgehead atoms. The van der Waals surface area contributed by atoms with Crippen molar-refractivity contribution in [1.82, 2.24) is 4.98 Å². The van der Waals surface area contributed by atoms with E-state index in [-0.39, 0.29) is 11.4 Å². The molecule has 0 unspecified atom stereocenters. The average molecular weight is 264 g/mol. The third kappa shape index (κ3) is 2.78. The highest BCUT2D eigenvalue weighted by molar-refractivity contribution is 6.30. The molecule has 0 atom stereocenters. The fourth-order valence-corrected chi connectivity index (χ4v) is 1.56. The standard InChI is InChI=1S/C13H10ClNO3/c1-8-2-3-10(14)7-11(8)18-12-6-9(13(16)17)4-5-15-12/h2-7H,1H3,(H,16,17). The first-order valence-electron chi connectivity index (χ1n) is 5.19. The molecule has 0 aliphatic heterocycles. The van der Waals surface area contributed by atoms with Crippen molar-refractivity contribution in [3.8, 4) is 11.6 Å². The maximum Gasteiger partial charge on any atom is 0.335 e. The van der Waals surface area contributed by atoms with Crippen molar-refractivity contribution >= 4 is 17.6 Å². The summed E-state index contributed by atoms with van der Waals surface area (Å²) in [6.07, 6.45) is 1.39. The molecule has 0 radical (unpaired) electrons. The average Bonchev–Trinajstić information content (AvgIpc) is 2.34. The topological polar surface area (TPSA) is 59.4 Å². The van der Waals surface area contributed by atoms with Crippen LogP contribution < -0.4 is 4.74 Å². The Balaban J connectivity index is 2.31. The molecule has 1 aromatic carbocycles. The van der Waals surface area contributed by atoms with Gasteiger partial charge in [-0.2, -0.15) is 0 Å². The van der Waals surface area contributed by atoms with E-state index in [9.17, 15) is 4.79 Å². The number of pyridine rings is 1. The van der Waals surface area contributed by atoms with E-state index in [1.54, 1.807) is 12.1 Å². The Labute approximate surface area is 109 Å². The minimum Gasteiger partial charge on any atom is -0.478 e. The molecule has 0 aliphatic carbocycles. The second kappa shape index (κ2) is 5.06. The lowest BCUT2D eigenvalue weighted by molar-refractivity contribution is 0.0696. The summed E-state index contributed by atoms with van der Waals surface area (Å²) in [7, 11) is 0. The lowest BCUT2D eigenvalue weighted by atomic mass is 10.2. The molecular formula is C13H10ClNO3. The van der Waals surface area contributed by atoms with Gasteiger partial charge in [0, 0.05) is 17.3 Å². The molecule has 2 rings (SSSR count). The van der Waals surface area contributed by atoms with Crippen LogP contribution in [0, 0.1) is 6.92 Å². The maximum absolute atomic E-state index is 10.8. The summed E-state index contributed by atoms with van der Waals surface area (Å²) in [6.45, 7) is 1.87. The Kier molecular flexibility index (Phi) is 3.48. The van der Waals surface area contributed by atoms with E-state index >= 15 is 0 Å². The first-order valence-corrected chi connectivity index (χ1v) is 5.57. The van der Waals surface area contributed by atoms with Gasteiger partial charge >= 0.3 is 5.97 Å². The molecule has 0 saturated heterocycles. The minimum absolute atomic E-state index is 0.125. The summed E-state index contributed by atoms with van der Waals surface area (Å²) in [5.74, 6) is -0.247. The molecule has 92 valence electrons. The smallest absolute Gasteiger partial charge is 0.335 e. The van der Waals surface area contributed by atoms with Crippen molar-refractivity contribution in [3.63, 3.8) is 0 Å². The molecule has 0 saturated carbocycles. The normalized spacial score (nSPS) is 10.1. The van der Waals surface area contributed by atoms with Gasteiger partial charge in [-0.25, -0.2) is 9.78 Å². The van der Waals surface area contributed by atoms with E-state index in [4.69, 9.17) is 21.4 Å². The molecule has 0 amide bonds. The molecule has 5 heteroatoms. The van der Waals surface area contributed by atoms with Crippen molar-refractivity contribution < 1.29 is 14.6 Å². The molecule has 18 heavy (non-hydrogen) atoms. The zero-order valence-electron chi connectivity index (χ0n) is 9.55. The second-order valence-corrected chi connectivity index (χ2v) is 4.14. The number of carboxylic acid groups (broad SMARTS) is 1. The third-order valence-electron chi connectivity index (χ3n) is 2.35. The van der Waals surface area contributed by atoms with E-state index in [0.717, 1.165) is 5.56 Å². The van der Waals surface area contributed by atoms with Gasteiger partial charge in [-0.05, 0) is 30.7 Å². The Hall–Kier alpha value is -2.07. The van der Waals surface area contributed by atoms with E-state index in [2.05, 4.69) is 4.98 Å². The van der Waals surface area contributed by atoms with Crippen molar-refractivity contribution in [2.24, 2.45) is 0 Å². The number of rotatable bonds is 3. The van der Waals surface area contributed by atoms with Crippen LogP contribution >= 0.6 is 11.6 Å². The fourth-order valence-electron chi connectivity index (χ4n) is 1.39. The Morgan fingerprint density at radius 1 is 1.33 bits per heavy atom. The molecule has 1 aromatic heterocycles. The monoisotopic (exact) mass is 263 g/mol. The molecule has 1 heterocycles. The van der Waals surface area contributed by atoms with E-state index in [1.807, 2.05) is 13.0 Å². The lowest BCUT2D eigenvalue weighted by Gasteiger charge is -2.08. The Bertz CT molecular complexity index is 599. The summed E-state index contributed by atoms with van der Waals surface area (Å²) >= 11 is 5.87. The van der Waals surface area contributed by atoms with Gasteiger partial charge in [0.1, 0.15) is 5.75 Å². The number of carboxylic acids is 1. The number of hydrogen-bond acceptors (Lipinski definition) is 3. The van der Waals surface area contributed by atoms with Crippen LogP contribution in [0.4, 0.5) is 0 Å². The number of aromatic carboxylic acids is 1. The SMILES string of the molecule is Cc1ccc(Cl)cc1Oc1cc(C(=O)O)ccn1. The van der Waals surface area contributed by atoms with Gasteiger partial charge < -0.3 is 9.84 Å². The number of benzene rings is 1. The highest BCUT2D eigenvalue weighted by Gasteiger charge is 2.07. The summed E-state index contributed by atoms with van der Waals surface area (Å²) in [5.41, 5.74) is 1.02. The van der Waals surface area contributed by atoms with Crippen molar-refractivity contribution in [3.05, 3.63) is 52.7 Å². The van der Waals surface area contributed by atoms with Gasteiger partial charge in [0.25, 0.3) is 0 Å². The van der Waals surface area contributed by atoms with Crippen molar-refractivity contribution in [2.75, 3.05) is 0 Å². The zero-order valence-corrected chi connectivity index (χ0v) is 10.3. The summed E-state index contributed by atoms with van der Waals surface area (Å²) in [5, 5.41) is 9.42. The quantitative estimate of drug-likeness (QED) is 0.920. The van der Waals surface area contributed by atoms with Crippen LogP contribution in [0.3, 0.4) is 0 Å². The van der Waals surface area contributed by atoms with Gasteiger partial charge in [-0.1, -0.05) is 17.7 Å². The zero-order chi connectivity index (χ0) is 13.1. The first kappa shape index (κ1) is 12.4. The molecule has 0 fully saturated rings. The highest BCUT2D eigenvalue weighted by Crippen LogP contribution is 2.27. The van der Waals surface area contributed by atoms with Gasteiger partial charge in [0.15, 0.2) is 0 Å². The predicted octanol–water partition coefficient (Wildman–Crippen LogP) is 3.53.